The minimum atomic E-state index is -0.528. The summed E-state index contributed by atoms with van der Waals surface area (Å²) in [5.74, 6) is -0.980. The monoisotopic (exact) mass is 366 g/mol. The summed E-state index contributed by atoms with van der Waals surface area (Å²) >= 11 is 0. The van der Waals surface area contributed by atoms with E-state index >= 15 is 0 Å². The highest BCUT2D eigenvalue weighted by molar-refractivity contribution is 6.36. The van der Waals surface area contributed by atoms with E-state index in [1.165, 1.54) is 7.05 Å². The molecule has 0 saturated heterocycles. The average molecular weight is 366 g/mol. The van der Waals surface area contributed by atoms with Crippen LogP contribution in [0.5, 0.6) is 0 Å². The van der Waals surface area contributed by atoms with Crippen LogP contribution in [-0.4, -0.2) is 31.2 Å². The first-order valence-electron chi connectivity index (χ1n) is 9.30. The fraction of sp³-hybridized carbons (Fsp3) is 0.318. The molecular formula is C22H26N2O3. The van der Waals surface area contributed by atoms with Crippen LogP contribution in [0.2, 0.25) is 0 Å². The molecule has 2 rings (SSSR count). The van der Waals surface area contributed by atoms with Crippen LogP contribution in [0.15, 0.2) is 54.6 Å². The number of Topliss-reactive ketones (excluding diaryl/α,β-unsaturated/α-hetero) is 1. The number of unbranched alkanes of at least 4 members (excludes halogenated alkanes) is 3. The molecule has 5 nitrogen and oxygen atoms in total. The molecule has 0 fully saturated rings. The molecule has 0 saturated carbocycles. The minimum Gasteiger partial charge on any atom is -0.353 e. The minimum absolute atomic E-state index is 0.0809. The van der Waals surface area contributed by atoms with Crippen molar-refractivity contribution in [1.29, 1.82) is 0 Å². The van der Waals surface area contributed by atoms with Crippen molar-refractivity contribution in [1.82, 2.24) is 10.6 Å². The third-order valence-corrected chi connectivity index (χ3v) is 4.33. The number of hydrogen-bond acceptors (Lipinski definition) is 3. The molecule has 0 heterocycles. The maximum atomic E-state index is 12.3. The topological polar surface area (TPSA) is 75.3 Å². The molecule has 0 aliphatic heterocycles. The summed E-state index contributed by atoms with van der Waals surface area (Å²) in [4.78, 5) is 34.8. The first kappa shape index (κ1) is 20.4. The van der Waals surface area contributed by atoms with E-state index < -0.39 is 5.91 Å². The van der Waals surface area contributed by atoms with Crippen LogP contribution in [-0.2, 0) is 9.59 Å². The Morgan fingerprint density at radius 3 is 2.26 bits per heavy atom. The van der Waals surface area contributed by atoms with Gasteiger partial charge in [0, 0.05) is 25.6 Å². The third kappa shape index (κ3) is 6.70. The molecule has 0 aromatic heterocycles. The molecule has 142 valence electrons. The predicted octanol–water partition coefficient (Wildman–Crippen LogP) is 3.35. The molecule has 2 aromatic carbocycles. The molecule has 0 aliphatic rings. The predicted molar refractivity (Wildman–Crippen MR) is 106 cm³/mol. The van der Waals surface area contributed by atoms with Crippen LogP contribution in [0.3, 0.4) is 0 Å². The van der Waals surface area contributed by atoms with Gasteiger partial charge in [0.1, 0.15) is 0 Å². The van der Waals surface area contributed by atoms with Gasteiger partial charge in [0.25, 0.3) is 11.8 Å². The van der Waals surface area contributed by atoms with Crippen molar-refractivity contribution in [3.8, 4) is 11.1 Å². The number of rotatable bonds is 10. The summed E-state index contributed by atoms with van der Waals surface area (Å²) in [6.45, 7) is 0.595. The van der Waals surface area contributed by atoms with E-state index in [0.29, 0.717) is 18.5 Å². The van der Waals surface area contributed by atoms with E-state index in [0.717, 1.165) is 30.4 Å². The van der Waals surface area contributed by atoms with Crippen molar-refractivity contribution in [2.45, 2.75) is 32.1 Å². The van der Waals surface area contributed by atoms with E-state index in [2.05, 4.69) is 10.6 Å². The van der Waals surface area contributed by atoms with Gasteiger partial charge in [-0.05, 0) is 36.1 Å². The maximum Gasteiger partial charge on any atom is 0.287 e. The molecule has 0 aliphatic carbocycles. The zero-order valence-electron chi connectivity index (χ0n) is 15.7. The Balaban J connectivity index is 1.69. The summed E-state index contributed by atoms with van der Waals surface area (Å²) < 4.78 is 0. The lowest BCUT2D eigenvalue weighted by atomic mass is 10.0. The van der Waals surface area contributed by atoms with Crippen molar-refractivity contribution in [3.63, 3.8) is 0 Å². The number of carbonyl (C=O) groups excluding carboxylic acids is 3. The summed E-state index contributed by atoms with van der Waals surface area (Å²) in [5, 5.41) is 5.27. The molecule has 2 aromatic rings. The molecule has 0 bridgehead atoms. The van der Waals surface area contributed by atoms with Crippen LogP contribution in [0, 0.1) is 0 Å². The molecule has 27 heavy (non-hydrogen) atoms. The van der Waals surface area contributed by atoms with Crippen LogP contribution < -0.4 is 10.6 Å². The van der Waals surface area contributed by atoms with Gasteiger partial charge in [-0.25, -0.2) is 0 Å². The highest BCUT2D eigenvalue weighted by Crippen LogP contribution is 2.19. The van der Waals surface area contributed by atoms with Crippen molar-refractivity contribution in [2.75, 3.05) is 13.6 Å². The number of hydrogen-bond donors (Lipinski definition) is 2. The van der Waals surface area contributed by atoms with Gasteiger partial charge >= 0.3 is 0 Å². The van der Waals surface area contributed by atoms with E-state index in [9.17, 15) is 14.4 Å². The molecule has 0 spiro atoms. The van der Waals surface area contributed by atoms with Crippen molar-refractivity contribution < 1.29 is 14.4 Å². The summed E-state index contributed by atoms with van der Waals surface area (Å²) in [5.41, 5.74) is 2.75. The lowest BCUT2D eigenvalue weighted by Crippen LogP contribution is -2.27. The lowest BCUT2D eigenvalue weighted by molar-refractivity contribution is -0.137. The molecular weight excluding hydrogens is 340 g/mol. The van der Waals surface area contributed by atoms with Gasteiger partial charge < -0.3 is 10.6 Å². The summed E-state index contributed by atoms with van der Waals surface area (Å²) in [6.07, 6.45) is 3.59. The van der Waals surface area contributed by atoms with Gasteiger partial charge in [-0.3, -0.25) is 14.4 Å². The Labute approximate surface area is 160 Å². The second-order valence-electron chi connectivity index (χ2n) is 6.37. The van der Waals surface area contributed by atoms with Gasteiger partial charge in [0.2, 0.25) is 5.78 Å². The van der Waals surface area contributed by atoms with Gasteiger partial charge in [-0.1, -0.05) is 55.3 Å². The molecule has 5 heteroatoms. The van der Waals surface area contributed by atoms with Crippen molar-refractivity contribution in [2.24, 2.45) is 0 Å². The van der Waals surface area contributed by atoms with Crippen LogP contribution in [0.25, 0.3) is 11.1 Å². The Hall–Kier alpha value is -2.95. The second kappa shape index (κ2) is 10.9. The van der Waals surface area contributed by atoms with E-state index in [4.69, 9.17) is 0 Å². The van der Waals surface area contributed by atoms with E-state index in [-0.39, 0.29) is 18.1 Å². The molecule has 0 atom stereocenters. The average Bonchev–Trinajstić information content (AvgIpc) is 2.72. The fourth-order valence-corrected chi connectivity index (χ4v) is 2.79. The number of amides is 2. The van der Waals surface area contributed by atoms with Crippen LogP contribution >= 0.6 is 0 Å². The van der Waals surface area contributed by atoms with E-state index in [1.54, 1.807) is 0 Å². The summed E-state index contributed by atoms with van der Waals surface area (Å²) in [7, 11) is 1.46. The smallest absolute Gasteiger partial charge is 0.287 e. The maximum absolute atomic E-state index is 12.3. The van der Waals surface area contributed by atoms with E-state index in [1.807, 2.05) is 54.6 Å². The Morgan fingerprint density at radius 2 is 1.52 bits per heavy atom. The Morgan fingerprint density at radius 1 is 0.815 bits per heavy atom. The second-order valence-corrected chi connectivity index (χ2v) is 6.37. The lowest BCUT2D eigenvalue weighted by Gasteiger charge is -2.07. The first-order chi connectivity index (χ1) is 13.1. The quantitative estimate of drug-likeness (QED) is 0.500. The fourth-order valence-electron chi connectivity index (χ4n) is 2.79. The van der Waals surface area contributed by atoms with Crippen molar-refractivity contribution >= 4 is 17.6 Å². The third-order valence-electron chi connectivity index (χ3n) is 4.33. The van der Waals surface area contributed by atoms with Gasteiger partial charge in [-0.15, -0.1) is 0 Å². The highest BCUT2D eigenvalue weighted by atomic mass is 16.2. The zero-order valence-corrected chi connectivity index (χ0v) is 15.7. The largest absolute Gasteiger partial charge is 0.353 e. The number of likely N-dealkylation sites (N-methyl/N-ethyl adjacent to an activating group) is 1. The molecule has 0 radical (unpaired) electrons. The van der Waals surface area contributed by atoms with Crippen LogP contribution in [0.1, 0.15) is 42.5 Å². The van der Waals surface area contributed by atoms with Gasteiger partial charge in [0.15, 0.2) is 0 Å². The van der Waals surface area contributed by atoms with Crippen molar-refractivity contribution in [3.05, 3.63) is 60.2 Å². The highest BCUT2D eigenvalue weighted by Gasteiger charge is 2.10. The number of ketones is 1. The Bertz CT molecular complexity index is 772. The van der Waals surface area contributed by atoms with Gasteiger partial charge in [0.05, 0.1) is 0 Å². The summed E-state index contributed by atoms with van der Waals surface area (Å²) in [6, 6.07) is 17.6. The number of carbonyl (C=O) groups is 3. The van der Waals surface area contributed by atoms with Gasteiger partial charge in [-0.2, -0.15) is 0 Å². The molecule has 0 unspecified atom stereocenters. The number of benzene rings is 2. The normalized spacial score (nSPS) is 10.3. The Kier molecular flexibility index (Phi) is 8.23. The first-order valence-corrected chi connectivity index (χ1v) is 9.30. The number of nitrogens with one attached hydrogen (secondary N) is 2. The SMILES string of the molecule is CNC(=O)C(=O)CCCCCCNC(=O)c1cccc(-c2ccccc2)c1. The standard InChI is InChI=1S/C22H26N2O3/c1-23-22(27)20(25)14-7-2-3-8-15-24-21(26)19-13-9-12-18(16-19)17-10-5-4-6-11-17/h4-6,9-13,16H,2-3,7-8,14-15H2,1H3,(H,23,27)(H,24,26). The molecule has 2 N–H and O–H groups in total. The van der Waals surface area contributed by atoms with Crippen LogP contribution in [0.4, 0.5) is 0 Å². The molecule has 2 amide bonds. The zero-order chi connectivity index (χ0) is 19.5.